The normalized spacial score (nSPS) is 10.2. The molecule has 0 atom stereocenters. The van der Waals surface area contributed by atoms with Crippen LogP contribution in [-0.4, -0.2) is 20.3 Å². The van der Waals surface area contributed by atoms with Crippen LogP contribution >= 0.6 is 88.3 Å². The van der Waals surface area contributed by atoms with Crippen LogP contribution in [0.2, 0.25) is 0 Å². The lowest BCUT2D eigenvalue weighted by Crippen LogP contribution is -1.66. The van der Waals surface area contributed by atoms with Gasteiger partial charge in [-0.05, 0) is 10.8 Å². The second-order valence-corrected chi connectivity index (χ2v) is 12.6. The molecule has 0 bridgehead atoms. The predicted octanol–water partition coefficient (Wildman–Crippen LogP) is 6.71. The Labute approximate surface area is 131 Å². The first-order valence-corrected chi connectivity index (χ1v) is 13.7. The molecule has 0 saturated heterocycles. The van der Waals surface area contributed by atoms with Gasteiger partial charge in [0.2, 0.25) is 0 Å². The second kappa shape index (κ2) is 17.3. The van der Waals surface area contributed by atoms with Crippen molar-refractivity contribution in [2.24, 2.45) is 0 Å². The third-order valence-corrected chi connectivity index (χ3v) is 12.0. The fourth-order valence-electron chi connectivity index (χ4n) is 0.395. The average molecular weight is 367 g/mol. The maximum absolute atomic E-state index is 3.67. The van der Waals surface area contributed by atoms with E-state index in [2.05, 4.69) is 13.2 Å². The topological polar surface area (TPSA) is 0 Å². The van der Waals surface area contributed by atoms with Crippen molar-refractivity contribution in [1.29, 1.82) is 0 Å². The zero-order valence-electron chi connectivity index (χ0n) is 8.66. The Bertz CT molecular complexity index is 144. The summed E-state index contributed by atoms with van der Waals surface area (Å²) >= 11 is 3.52. The summed E-state index contributed by atoms with van der Waals surface area (Å²) in [7, 11) is 11.5. The minimum Gasteiger partial charge on any atom is -0.123 e. The maximum Gasteiger partial charge on any atom is 0.0600 e. The Morgan fingerprint density at radius 2 is 0.875 bits per heavy atom. The predicted molar refractivity (Wildman–Crippen MR) is 101 cm³/mol. The van der Waals surface area contributed by atoms with Crippen molar-refractivity contribution in [2.75, 3.05) is 20.3 Å². The van der Waals surface area contributed by atoms with Gasteiger partial charge in [-0.15, -0.1) is 23.5 Å². The highest BCUT2D eigenvalue weighted by Gasteiger charge is 1.93. The highest BCUT2D eigenvalue weighted by atomic mass is 33.2. The molecule has 0 aromatic rings. The maximum atomic E-state index is 3.67. The molecule has 0 N–H and O–H groups in total. The number of thioether (sulfide) groups is 2. The van der Waals surface area contributed by atoms with E-state index in [0.29, 0.717) is 0 Å². The molecular formula is C8H14S8. The Kier molecular flexibility index (Phi) is 19.7. The molecule has 0 aromatic heterocycles. The van der Waals surface area contributed by atoms with Crippen LogP contribution in [0.5, 0.6) is 0 Å². The van der Waals surface area contributed by atoms with Crippen molar-refractivity contribution in [3.8, 4) is 0 Å². The molecule has 0 aromatic carbocycles. The smallest absolute Gasteiger partial charge is 0.0600 e. The standard InChI is InChI=1S/C8H14S8/c1-3-9-5-11-13-7-15-16-8-14-12-6-10-4-2/h3-4H,1-2,5-8H2. The zero-order chi connectivity index (χ0) is 11.9. The van der Waals surface area contributed by atoms with E-state index < -0.39 is 0 Å². The minimum atomic E-state index is 1.10. The molecule has 0 radical (unpaired) electrons. The molecule has 0 heterocycles. The van der Waals surface area contributed by atoms with E-state index in [4.69, 9.17) is 0 Å². The highest BCUT2D eigenvalue weighted by molar-refractivity contribution is 8.89. The van der Waals surface area contributed by atoms with Crippen LogP contribution in [0.3, 0.4) is 0 Å². The lowest BCUT2D eigenvalue weighted by atomic mass is 11.3. The van der Waals surface area contributed by atoms with Crippen LogP contribution in [0, 0.1) is 0 Å². The van der Waals surface area contributed by atoms with Crippen molar-refractivity contribution >= 4 is 88.3 Å². The van der Waals surface area contributed by atoms with Gasteiger partial charge in [-0.1, -0.05) is 77.9 Å². The van der Waals surface area contributed by atoms with E-state index in [1.807, 2.05) is 75.6 Å². The highest BCUT2D eigenvalue weighted by Crippen LogP contribution is 2.38. The molecule has 16 heavy (non-hydrogen) atoms. The number of rotatable bonds is 13. The van der Waals surface area contributed by atoms with Gasteiger partial charge in [0.1, 0.15) is 0 Å². The van der Waals surface area contributed by atoms with Crippen LogP contribution in [0.4, 0.5) is 0 Å². The quantitative estimate of drug-likeness (QED) is 0.198. The van der Waals surface area contributed by atoms with Crippen LogP contribution < -0.4 is 0 Å². The fourth-order valence-corrected chi connectivity index (χ4v) is 11.1. The third-order valence-electron chi connectivity index (χ3n) is 0.910. The second-order valence-electron chi connectivity index (χ2n) is 1.85. The molecule has 8 heteroatoms. The molecule has 0 nitrogen and oxygen atoms in total. The zero-order valence-corrected chi connectivity index (χ0v) is 15.2. The molecule has 0 aliphatic carbocycles. The average Bonchev–Trinajstić information content (AvgIpc) is 2.31. The summed E-state index contributed by atoms with van der Waals surface area (Å²) in [5, 5.41) is 8.29. The van der Waals surface area contributed by atoms with Gasteiger partial charge in [-0.25, -0.2) is 0 Å². The van der Waals surface area contributed by atoms with Crippen LogP contribution in [0.25, 0.3) is 0 Å². The summed E-state index contributed by atoms with van der Waals surface area (Å²) < 4.78 is 0. The summed E-state index contributed by atoms with van der Waals surface area (Å²) in [5.41, 5.74) is 0. The molecule has 0 spiro atoms. The van der Waals surface area contributed by atoms with Crippen LogP contribution in [0.15, 0.2) is 24.0 Å². The molecule has 94 valence electrons. The van der Waals surface area contributed by atoms with Gasteiger partial charge in [0, 0.05) is 0 Å². The molecule has 0 saturated carbocycles. The van der Waals surface area contributed by atoms with Crippen molar-refractivity contribution < 1.29 is 0 Å². The Hall–Kier alpha value is 2.28. The van der Waals surface area contributed by atoms with Gasteiger partial charge in [-0.2, -0.15) is 0 Å². The lowest BCUT2D eigenvalue weighted by molar-refractivity contribution is 2.28. The summed E-state index contributed by atoms with van der Waals surface area (Å²) in [4.78, 5) is 0. The first-order chi connectivity index (χ1) is 7.91. The van der Waals surface area contributed by atoms with Crippen LogP contribution in [-0.2, 0) is 0 Å². The van der Waals surface area contributed by atoms with Crippen molar-refractivity contribution in [3.63, 3.8) is 0 Å². The van der Waals surface area contributed by atoms with Crippen molar-refractivity contribution in [2.45, 2.75) is 0 Å². The Morgan fingerprint density at radius 3 is 1.19 bits per heavy atom. The number of hydrogen-bond donors (Lipinski definition) is 0. The molecule has 0 fully saturated rings. The van der Waals surface area contributed by atoms with Gasteiger partial charge in [0.05, 0.1) is 20.3 Å². The molecule has 0 unspecified atom stereocenters. The SMILES string of the molecule is C=CSCSSCSSCSSCSC=C. The van der Waals surface area contributed by atoms with Crippen LogP contribution in [0.1, 0.15) is 0 Å². The van der Waals surface area contributed by atoms with Crippen molar-refractivity contribution in [3.05, 3.63) is 24.0 Å². The molecule has 0 amide bonds. The molecule has 0 aliphatic rings. The minimum absolute atomic E-state index is 1.10. The van der Waals surface area contributed by atoms with E-state index in [1.165, 1.54) is 0 Å². The summed E-state index contributed by atoms with van der Waals surface area (Å²) in [5.74, 6) is 0. The lowest BCUT2D eigenvalue weighted by Gasteiger charge is -2.00. The monoisotopic (exact) mass is 366 g/mol. The van der Waals surface area contributed by atoms with E-state index in [9.17, 15) is 0 Å². The largest absolute Gasteiger partial charge is 0.123 e. The van der Waals surface area contributed by atoms with Crippen molar-refractivity contribution in [1.82, 2.24) is 0 Å². The van der Waals surface area contributed by atoms with E-state index in [-0.39, 0.29) is 0 Å². The molecule has 0 aliphatic heterocycles. The van der Waals surface area contributed by atoms with Gasteiger partial charge in [0.15, 0.2) is 0 Å². The Morgan fingerprint density at radius 1 is 0.562 bits per heavy atom. The van der Waals surface area contributed by atoms with Gasteiger partial charge < -0.3 is 0 Å². The van der Waals surface area contributed by atoms with Gasteiger partial charge in [0.25, 0.3) is 0 Å². The van der Waals surface area contributed by atoms with E-state index >= 15 is 0 Å². The first-order valence-electron chi connectivity index (χ1n) is 4.10. The van der Waals surface area contributed by atoms with Gasteiger partial charge >= 0.3 is 0 Å². The van der Waals surface area contributed by atoms with Gasteiger partial charge in [-0.3, -0.25) is 0 Å². The van der Waals surface area contributed by atoms with E-state index in [0.717, 1.165) is 20.3 Å². The number of hydrogen-bond acceptors (Lipinski definition) is 8. The first kappa shape index (κ1) is 18.3. The molecular weight excluding hydrogens is 353 g/mol. The third kappa shape index (κ3) is 16.3. The summed E-state index contributed by atoms with van der Waals surface area (Å²) in [6.07, 6.45) is 0. The summed E-state index contributed by atoms with van der Waals surface area (Å²) in [6, 6.07) is 0. The van der Waals surface area contributed by atoms with E-state index in [1.54, 1.807) is 23.5 Å². The fraction of sp³-hybridized carbons (Fsp3) is 0.500. The summed E-state index contributed by atoms with van der Waals surface area (Å²) in [6.45, 7) is 7.34. The molecule has 0 rings (SSSR count). The Balaban J connectivity index is 2.87.